The van der Waals surface area contributed by atoms with Gasteiger partial charge in [0.2, 0.25) is 11.9 Å². The van der Waals surface area contributed by atoms with E-state index in [1.54, 1.807) is 0 Å². The molecule has 1 fully saturated rings. The monoisotopic (exact) mass is 345 g/mol. The van der Waals surface area contributed by atoms with Crippen LogP contribution in [-0.2, 0) is 11.3 Å². The largest absolute Gasteiger partial charge is 0.368 e. The molecule has 2 N–H and O–H groups in total. The number of carbonyl (C=O) groups is 1. The summed E-state index contributed by atoms with van der Waals surface area (Å²) in [5.74, 6) is 0.573. The number of anilines is 1. The van der Waals surface area contributed by atoms with Crippen molar-refractivity contribution in [1.29, 1.82) is 0 Å². The van der Waals surface area contributed by atoms with Crippen LogP contribution in [0.25, 0.3) is 0 Å². The topological polar surface area (TPSA) is 77.0 Å². The number of carbonyl (C=O) groups excluding carboxylic acids is 1. The number of nitrogen functional groups attached to an aromatic ring is 1. The molecular weight excluding hydrogens is 322 g/mol. The van der Waals surface area contributed by atoms with Crippen molar-refractivity contribution in [3.8, 4) is 0 Å². The first kappa shape index (κ1) is 16.8. The average molecular weight is 345 g/mol. The molecular formula is C17H23N5OS. The van der Waals surface area contributed by atoms with Crippen LogP contribution in [0.2, 0.25) is 0 Å². The van der Waals surface area contributed by atoms with Crippen LogP contribution in [0.4, 0.5) is 5.95 Å². The van der Waals surface area contributed by atoms with Gasteiger partial charge in [0.05, 0.1) is 5.25 Å². The molecule has 128 valence electrons. The second kappa shape index (κ2) is 7.25. The first-order chi connectivity index (χ1) is 11.6. The van der Waals surface area contributed by atoms with Gasteiger partial charge < -0.3 is 10.6 Å². The van der Waals surface area contributed by atoms with Crippen molar-refractivity contribution in [3.63, 3.8) is 0 Å². The summed E-state index contributed by atoms with van der Waals surface area (Å²) in [5.41, 5.74) is 7.05. The van der Waals surface area contributed by atoms with Gasteiger partial charge in [-0.3, -0.25) is 9.36 Å². The number of benzene rings is 1. The molecule has 0 aliphatic carbocycles. The number of piperidine rings is 1. The van der Waals surface area contributed by atoms with Crippen molar-refractivity contribution in [2.45, 2.75) is 49.7 Å². The molecule has 1 unspecified atom stereocenters. The lowest BCUT2D eigenvalue weighted by Gasteiger charge is -2.32. The Morgan fingerprint density at radius 2 is 2.04 bits per heavy atom. The van der Waals surface area contributed by atoms with Crippen molar-refractivity contribution < 1.29 is 4.79 Å². The third-order valence-corrected chi connectivity index (χ3v) is 5.36. The molecule has 1 amide bonds. The minimum absolute atomic E-state index is 0.122. The lowest BCUT2D eigenvalue weighted by molar-refractivity contribution is -0.133. The zero-order chi connectivity index (χ0) is 17.1. The molecule has 7 heteroatoms. The zero-order valence-electron chi connectivity index (χ0n) is 14.1. The fourth-order valence-corrected chi connectivity index (χ4v) is 4.25. The normalized spacial score (nSPS) is 18.4. The highest BCUT2D eigenvalue weighted by atomic mass is 32.2. The van der Waals surface area contributed by atoms with Crippen LogP contribution in [0.5, 0.6) is 0 Å². The Morgan fingerprint density at radius 3 is 2.75 bits per heavy atom. The van der Waals surface area contributed by atoms with Crippen LogP contribution in [-0.4, -0.2) is 37.4 Å². The highest BCUT2D eigenvalue weighted by Crippen LogP contribution is 2.32. The van der Waals surface area contributed by atoms with Crippen molar-refractivity contribution in [2.75, 3.05) is 12.3 Å². The summed E-state index contributed by atoms with van der Waals surface area (Å²) in [6.45, 7) is 5.54. The second-order valence-corrected chi connectivity index (χ2v) is 7.47. The van der Waals surface area contributed by atoms with Gasteiger partial charge in [-0.15, -0.1) is 10.2 Å². The van der Waals surface area contributed by atoms with E-state index in [4.69, 9.17) is 5.73 Å². The molecule has 6 nitrogen and oxygen atoms in total. The third-order valence-electron chi connectivity index (χ3n) is 4.15. The van der Waals surface area contributed by atoms with Gasteiger partial charge in [-0.1, -0.05) is 42.1 Å². The maximum absolute atomic E-state index is 12.8. The van der Waals surface area contributed by atoms with E-state index in [0.717, 1.165) is 30.1 Å². The van der Waals surface area contributed by atoms with Crippen LogP contribution in [0.15, 0.2) is 35.5 Å². The number of thioether (sulfide) groups is 1. The Balaban J connectivity index is 1.71. The number of aromatic nitrogens is 3. The van der Waals surface area contributed by atoms with Crippen molar-refractivity contribution in [2.24, 2.45) is 0 Å². The van der Waals surface area contributed by atoms with Gasteiger partial charge >= 0.3 is 0 Å². The maximum atomic E-state index is 12.8. The minimum Gasteiger partial charge on any atom is -0.368 e. The Morgan fingerprint density at radius 1 is 1.29 bits per heavy atom. The Hall–Kier alpha value is -2.02. The van der Waals surface area contributed by atoms with E-state index in [2.05, 4.69) is 22.3 Å². The molecule has 0 spiro atoms. The predicted molar refractivity (Wildman–Crippen MR) is 95.6 cm³/mol. The first-order valence-electron chi connectivity index (χ1n) is 8.26. The summed E-state index contributed by atoms with van der Waals surface area (Å²) in [5, 5.41) is 8.72. The first-order valence-corrected chi connectivity index (χ1v) is 9.14. The SMILES string of the molecule is CC(C)n1c(N)nnc1SC1CCCN(Cc2ccccc2)C1=O. The van der Waals surface area contributed by atoms with Crippen molar-refractivity contribution in [3.05, 3.63) is 35.9 Å². The number of rotatable bonds is 5. The molecule has 3 rings (SSSR count). The summed E-state index contributed by atoms with van der Waals surface area (Å²) >= 11 is 1.48. The van der Waals surface area contributed by atoms with Gasteiger partial charge in [-0.25, -0.2) is 0 Å². The lowest BCUT2D eigenvalue weighted by Crippen LogP contribution is -2.42. The Labute approximate surface area is 146 Å². The number of nitrogens with zero attached hydrogens (tertiary/aromatic N) is 4. The van der Waals surface area contributed by atoms with E-state index in [0.29, 0.717) is 12.5 Å². The summed E-state index contributed by atoms with van der Waals surface area (Å²) in [4.78, 5) is 14.8. The van der Waals surface area contributed by atoms with Crippen LogP contribution in [0.3, 0.4) is 0 Å². The zero-order valence-corrected chi connectivity index (χ0v) is 14.9. The highest BCUT2D eigenvalue weighted by Gasteiger charge is 2.31. The van der Waals surface area contributed by atoms with E-state index in [9.17, 15) is 4.79 Å². The predicted octanol–water partition coefficient (Wildman–Crippen LogP) is 2.72. The molecule has 1 aliphatic rings. The summed E-state index contributed by atoms with van der Waals surface area (Å²) < 4.78 is 1.88. The second-order valence-electron chi connectivity index (χ2n) is 6.30. The van der Waals surface area contributed by atoms with Crippen LogP contribution in [0, 0.1) is 0 Å². The fraction of sp³-hybridized carbons (Fsp3) is 0.471. The Kier molecular flexibility index (Phi) is 5.08. The quantitative estimate of drug-likeness (QED) is 0.901. The molecule has 1 saturated heterocycles. The van der Waals surface area contributed by atoms with Crippen LogP contribution >= 0.6 is 11.8 Å². The molecule has 1 aliphatic heterocycles. The number of nitrogens with two attached hydrogens (primary N) is 1. The van der Waals surface area contributed by atoms with Crippen molar-refractivity contribution in [1.82, 2.24) is 19.7 Å². The number of likely N-dealkylation sites (tertiary alicyclic amines) is 1. The number of hydrogen-bond donors (Lipinski definition) is 1. The van der Waals surface area contributed by atoms with Gasteiger partial charge in [-0.05, 0) is 32.3 Å². The van der Waals surface area contributed by atoms with Gasteiger partial charge in [-0.2, -0.15) is 0 Å². The van der Waals surface area contributed by atoms with Crippen molar-refractivity contribution >= 4 is 23.6 Å². The molecule has 0 radical (unpaired) electrons. The average Bonchev–Trinajstić information content (AvgIpc) is 2.93. The highest BCUT2D eigenvalue weighted by molar-refractivity contribution is 8.00. The number of amides is 1. The van der Waals surface area contributed by atoms with E-state index < -0.39 is 0 Å². The molecule has 0 bridgehead atoms. The minimum atomic E-state index is -0.122. The molecule has 1 aromatic heterocycles. The maximum Gasteiger partial charge on any atom is 0.236 e. The molecule has 1 aromatic carbocycles. The molecule has 0 saturated carbocycles. The third kappa shape index (κ3) is 3.56. The molecule has 24 heavy (non-hydrogen) atoms. The van der Waals surface area contributed by atoms with Crippen LogP contribution < -0.4 is 5.73 Å². The van der Waals surface area contributed by atoms with Gasteiger partial charge in [0.25, 0.3) is 0 Å². The van der Waals surface area contributed by atoms with E-state index in [-0.39, 0.29) is 17.2 Å². The molecule has 2 heterocycles. The fourth-order valence-electron chi connectivity index (χ4n) is 2.96. The standard InChI is InChI=1S/C17H23N5OS/c1-12(2)22-16(18)19-20-17(22)24-14-9-6-10-21(15(14)23)11-13-7-4-3-5-8-13/h3-5,7-8,12,14H,6,9-11H2,1-2H3,(H2,18,19). The van der Waals surface area contributed by atoms with Crippen LogP contribution in [0.1, 0.15) is 38.3 Å². The molecule has 2 aromatic rings. The summed E-state index contributed by atoms with van der Waals surface area (Å²) in [7, 11) is 0. The van der Waals surface area contributed by atoms with Gasteiger partial charge in [0.1, 0.15) is 0 Å². The molecule has 1 atom stereocenters. The van der Waals surface area contributed by atoms with E-state index >= 15 is 0 Å². The lowest BCUT2D eigenvalue weighted by atomic mass is 10.1. The van der Waals surface area contributed by atoms with E-state index in [1.165, 1.54) is 11.8 Å². The summed E-state index contributed by atoms with van der Waals surface area (Å²) in [6.07, 6.45) is 1.86. The number of hydrogen-bond acceptors (Lipinski definition) is 5. The Bertz CT molecular complexity index is 700. The smallest absolute Gasteiger partial charge is 0.236 e. The van der Waals surface area contributed by atoms with Gasteiger partial charge in [0, 0.05) is 19.1 Å². The summed E-state index contributed by atoms with van der Waals surface area (Å²) in [6, 6.07) is 10.3. The van der Waals surface area contributed by atoms with Gasteiger partial charge in [0.15, 0.2) is 5.16 Å². The van der Waals surface area contributed by atoms with E-state index in [1.807, 2.05) is 41.5 Å².